The molecule has 0 aliphatic carbocycles. The third kappa shape index (κ3) is 5.72. The van der Waals surface area contributed by atoms with E-state index in [9.17, 15) is 0 Å². The predicted molar refractivity (Wildman–Crippen MR) is 103 cm³/mol. The monoisotopic (exact) mass is 345 g/mol. The Morgan fingerprint density at radius 1 is 1.12 bits per heavy atom. The Bertz CT molecular complexity index is 511. The lowest BCUT2D eigenvalue weighted by molar-refractivity contribution is 0.0620. The summed E-state index contributed by atoms with van der Waals surface area (Å²) in [6.45, 7) is 8.64. The molecule has 3 rings (SSSR count). The zero-order valence-electron chi connectivity index (χ0n) is 16.0. The topological polar surface area (TPSA) is 21.7 Å². The van der Waals surface area contributed by atoms with E-state index in [-0.39, 0.29) is 0 Å². The molecule has 0 amide bonds. The van der Waals surface area contributed by atoms with Crippen LogP contribution in [0, 0.1) is 5.92 Å². The number of ether oxygens (including phenoxy) is 2. The van der Waals surface area contributed by atoms with E-state index in [1.54, 1.807) is 0 Å². The molecule has 0 spiro atoms. The minimum Gasteiger partial charge on any atom is -0.493 e. The van der Waals surface area contributed by atoms with Crippen LogP contribution in [-0.2, 0) is 17.6 Å². The molecule has 3 heteroatoms. The Morgan fingerprint density at radius 2 is 1.96 bits per heavy atom. The van der Waals surface area contributed by atoms with Crippen LogP contribution in [0.1, 0.15) is 56.6 Å². The van der Waals surface area contributed by atoms with Gasteiger partial charge in [0.15, 0.2) is 0 Å². The summed E-state index contributed by atoms with van der Waals surface area (Å²) in [4.78, 5) is 2.62. The van der Waals surface area contributed by atoms with Crippen molar-refractivity contribution in [3.63, 3.8) is 0 Å². The van der Waals surface area contributed by atoms with Crippen LogP contribution < -0.4 is 4.74 Å². The molecule has 1 aromatic carbocycles. The Labute approximate surface area is 153 Å². The highest BCUT2D eigenvalue weighted by Crippen LogP contribution is 2.27. The summed E-state index contributed by atoms with van der Waals surface area (Å²) in [5.41, 5.74) is 2.97. The maximum absolute atomic E-state index is 6.22. The first-order valence-electron chi connectivity index (χ1n) is 10.4. The maximum Gasteiger partial charge on any atom is 0.122 e. The second-order valence-corrected chi connectivity index (χ2v) is 7.64. The summed E-state index contributed by atoms with van der Waals surface area (Å²) < 4.78 is 11.7. The lowest BCUT2D eigenvalue weighted by atomic mass is 9.95. The molecule has 1 fully saturated rings. The molecule has 0 unspecified atom stereocenters. The fourth-order valence-electron chi connectivity index (χ4n) is 4.12. The van der Waals surface area contributed by atoms with Gasteiger partial charge in [-0.2, -0.15) is 0 Å². The van der Waals surface area contributed by atoms with Gasteiger partial charge in [-0.3, -0.25) is 0 Å². The Kier molecular flexibility index (Phi) is 7.62. The Morgan fingerprint density at radius 3 is 2.80 bits per heavy atom. The van der Waals surface area contributed by atoms with Gasteiger partial charge in [0.25, 0.3) is 0 Å². The number of fused-ring (bicyclic) bond motifs is 1. The molecule has 2 heterocycles. The highest BCUT2D eigenvalue weighted by molar-refractivity contribution is 5.41. The predicted octanol–water partition coefficient (Wildman–Crippen LogP) is 4.47. The highest BCUT2D eigenvalue weighted by atomic mass is 16.5. The minimum atomic E-state index is 0.845. The summed E-state index contributed by atoms with van der Waals surface area (Å²) in [5.74, 6) is 1.99. The first-order chi connectivity index (χ1) is 12.4. The van der Waals surface area contributed by atoms with Gasteiger partial charge in [0.05, 0.1) is 6.61 Å². The van der Waals surface area contributed by atoms with Crippen molar-refractivity contribution in [2.45, 2.75) is 58.3 Å². The molecule has 0 atom stereocenters. The van der Waals surface area contributed by atoms with Gasteiger partial charge >= 0.3 is 0 Å². The zero-order valence-corrected chi connectivity index (χ0v) is 16.0. The van der Waals surface area contributed by atoms with E-state index < -0.39 is 0 Å². The Hall–Kier alpha value is -1.06. The second-order valence-electron chi connectivity index (χ2n) is 7.64. The van der Waals surface area contributed by atoms with E-state index in [0.717, 1.165) is 44.3 Å². The molecule has 1 aromatic rings. The van der Waals surface area contributed by atoms with Crippen LogP contribution in [0.25, 0.3) is 0 Å². The van der Waals surface area contributed by atoms with E-state index in [2.05, 4.69) is 30.0 Å². The van der Waals surface area contributed by atoms with Crippen LogP contribution in [0.4, 0.5) is 0 Å². The molecular weight excluding hydrogens is 310 g/mol. The Balaban J connectivity index is 1.48. The van der Waals surface area contributed by atoms with Crippen LogP contribution in [0.5, 0.6) is 5.75 Å². The van der Waals surface area contributed by atoms with Crippen molar-refractivity contribution >= 4 is 0 Å². The van der Waals surface area contributed by atoms with Crippen LogP contribution in [0.3, 0.4) is 0 Å². The van der Waals surface area contributed by atoms with Gasteiger partial charge in [0, 0.05) is 26.3 Å². The van der Waals surface area contributed by atoms with E-state index in [4.69, 9.17) is 9.47 Å². The summed E-state index contributed by atoms with van der Waals surface area (Å²) in [5, 5.41) is 0. The van der Waals surface area contributed by atoms with Crippen molar-refractivity contribution < 1.29 is 9.47 Å². The molecule has 0 aromatic heterocycles. The van der Waals surface area contributed by atoms with Crippen LogP contribution in [0.15, 0.2) is 18.2 Å². The van der Waals surface area contributed by atoms with Crippen LogP contribution in [-0.4, -0.2) is 44.4 Å². The summed E-state index contributed by atoms with van der Waals surface area (Å²) >= 11 is 0. The molecule has 140 valence electrons. The number of hydrogen-bond acceptors (Lipinski definition) is 3. The van der Waals surface area contributed by atoms with Crippen LogP contribution >= 0.6 is 0 Å². The summed E-state index contributed by atoms with van der Waals surface area (Å²) in [6, 6.07) is 6.65. The third-order valence-corrected chi connectivity index (χ3v) is 5.79. The number of unbranched alkanes of at least 4 members (excludes halogenated alkanes) is 1. The number of hydrogen-bond donors (Lipinski definition) is 0. The van der Waals surface area contributed by atoms with Crippen molar-refractivity contribution in [2.24, 2.45) is 5.92 Å². The van der Waals surface area contributed by atoms with Gasteiger partial charge in [0.2, 0.25) is 0 Å². The van der Waals surface area contributed by atoms with Gasteiger partial charge in [-0.25, -0.2) is 0 Å². The van der Waals surface area contributed by atoms with E-state index >= 15 is 0 Å². The molecule has 0 bridgehead atoms. The van der Waals surface area contributed by atoms with Gasteiger partial charge in [-0.05, 0) is 74.6 Å². The molecule has 3 nitrogen and oxygen atoms in total. The fourth-order valence-corrected chi connectivity index (χ4v) is 4.12. The number of nitrogens with zero attached hydrogens (tertiary/aromatic N) is 1. The number of benzene rings is 1. The lowest BCUT2D eigenvalue weighted by Gasteiger charge is -2.22. The van der Waals surface area contributed by atoms with Crippen LogP contribution in [0.2, 0.25) is 0 Å². The fraction of sp³-hybridized carbons (Fsp3) is 0.727. The van der Waals surface area contributed by atoms with Crippen molar-refractivity contribution in [3.8, 4) is 5.75 Å². The van der Waals surface area contributed by atoms with Crippen molar-refractivity contribution in [2.75, 3.05) is 39.5 Å². The van der Waals surface area contributed by atoms with Gasteiger partial charge < -0.3 is 14.4 Å². The van der Waals surface area contributed by atoms with Crippen molar-refractivity contribution in [1.82, 2.24) is 4.90 Å². The highest BCUT2D eigenvalue weighted by Gasteiger charge is 2.17. The minimum absolute atomic E-state index is 0.845. The van der Waals surface area contributed by atoms with Crippen molar-refractivity contribution in [1.29, 1.82) is 0 Å². The third-order valence-electron chi connectivity index (χ3n) is 5.79. The van der Waals surface area contributed by atoms with E-state index in [1.165, 1.54) is 69.3 Å². The standard InChI is InChI=1S/C22H35NO2/c1-2-3-13-23-14-9-20-7-4-8-22(21(20)10-15-23)25-16-5-6-19-11-17-24-18-12-19/h4,7-8,19H,2-3,5-6,9-18H2,1H3. The first kappa shape index (κ1) is 18.7. The molecule has 25 heavy (non-hydrogen) atoms. The summed E-state index contributed by atoms with van der Waals surface area (Å²) in [7, 11) is 0. The molecule has 0 saturated carbocycles. The second kappa shape index (κ2) is 10.2. The average Bonchev–Trinajstić information content (AvgIpc) is 2.87. The van der Waals surface area contributed by atoms with E-state index in [1.807, 2.05) is 0 Å². The number of rotatable bonds is 8. The SMILES string of the molecule is CCCCN1CCc2cccc(OCCCC3CCOCC3)c2CC1. The quantitative estimate of drug-likeness (QED) is 0.649. The van der Waals surface area contributed by atoms with Crippen molar-refractivity contribution in [3.05, 3.63) is 29.3 Å². The zero-order chi connectivity index (χ0) is 17.3. The average molecular weight is 346 g/mol. The maximum atomic E-state index is 6.22. The van der Waals surface area contributed by atoms with E-state index in [0.29, 0.717) is 0 Å². The largest absolute Gasteiger partial charge is 0.493 e. The molecule has 0 radical (unpaired) electrons. The normalized spacial score (nSPS) is 19.4. The first-order valence-corrected chi connectivity index (χ1v) is 10.4. The molecule has 2 aliphatic heterocycles. The van der Waals surface area contributed by atoms with Gasteiger partial charge in [0.1, 0.15) is 5.75 Å². The molecule has 0 N–H and O–H groups in total. The smallest absolute Gasteiger partial charge is 0.122 e. The lowest BCUT2D eigenvalue weighted by Crippen LogP contribution is -2.27. The van der Waals surface area contributed by atoms with Gasteiger partial charge in [-0.15, -0.1) is 0 Å². The van der Waals surface area contributed by atoms with Gasteiger partial charge in [-0.1, -0.05) is 25.5 Å². The summed E-state index contributed by atoms with van der Waals surface area (Å²) in [6.07, 6.45) is 9.80. The molecule has 2 aliphatic rings. The molecular formula is C22H35NO2. The molecule has 1 saturated heterocycles.